The van der Waals surface area contributed by atoms with E-state index in [-0.39, 0.29) is 10.7 Å². The molecule has 0 radical (unpaired) electrons. The summed E-state index contributed by atoms with van der Waals surface area (Å²) in [4.78, 5) is 15.3. The van der Waals surface area contributed by atoms with Crippen molar-refractivity contribution in [2.24, 2.45) is 5.92 Å². The summed E-state index contributed by atoms with van der Waals surface area (Å²) in [7, 11) is 1.86. The van der Waals surface area contributed by atoms with Crippen LogP contribution in [0.1, 0.15) is 6.42 Å². The van der Waals surface area contributed by atoms with Crippen LogP contribution in [0, 0.1) is 5.92 Å². The molecular formula is C13H13NOS. The van der Waals surface area contributed by atoms with Gasteiger partial charge >= 0.3 is 0 Å². The number of thioether (sulfide) groups is 1. The van der Waals surface area contributed by atoms with Crippen molar-refractivity contribution in [3.05, 3.63) is 36.9 Å². The van der Waals surface area contributed by atoms with Crippen molar-refractivity contribution in [2.45, 2.75) is 16.1 Å². The highest BCUT2D eigenvalue weighted by molar-refractivity contribution is 8.02. The third-order valence-electron chi connectivity index (χ3n) is 3.43. The molecule has 3 heteroatoms. The summed E-state index contributed by atoms with van der Waals surface area (Å²) >= 11 is 1.71. The largest absolute Gasteiger partial charge is 0.313 e. The number of carbonyl (C=O) groups is 1. The molecule has 0 bridgehead atoms. The second kappa shape index (κ2) is 3.14. The lowest BCUT2D eigenvalue weighted by Gasteiger charge is -2.31. The average molecular weight is 231 g/mol. The molecule has 1 fully saturated rings. The van der Waals surface area contributed by atoms with Crippen LogP contribution in [0.5, 0.6) is 0 Å². The van der Waals surface area contributed by atoms with Gasteiger partial charge in [0.1, 0.15) is 4.75 Å². The van der Waals surface area contributed by atoms with E-state index in [0.717, 1.165) is 12.1 Å². The van der Waals surface area contributed by atoms with Crippen LogP contribution in [0.4, 0.5) is 5.69 Å². The Balaban J connectivity index is 2.07. The average Bonchev–Trinajstić information content (AvgIpc) is 3.01. The first-order valence-corrected chi connectivity index (χ1v) is 6.19. The lowest BCUT2D eigenvalue weighted by atomic mass is 10.2. The fourth-order valence-corrected chi connectivity index (χ4v) is 3.94. The summed E-state index contributed by atoms with van der Waals surface area (Å²) in [6, 6.07) is 8.08. The highest BCUT2D eigenvalue weighted by Crippen LogP contribution is 2.62. The van der Waals surface area contributed by atoms with E-state index < -0.39 is 0 Å². The molecule has 1 heterocycles. The molecule has 2 atom stereocenters. The minimum absolute atomic E-state index is 0.223. The summed E-state index contributed by atoms with van der Waals surface area (Å²) in [6.07, 6.45) is 2.84. The number of nitrogens with zero attached hydrogens (tertiary/aromatic N) is 1. The van der Waals surface area contributed by atoms with Crippen LogP contribution in [0.2, 0.25) is 0 Å². The van der Waals surface area contributed by atoms with Crippen molar-refractivity contribution in [3.63, 3.8) is 0 Å². The zero-order valence-corrected chi connectivity index (χ0v) is 9.96. The molecule has 1 aliphatic heterocycles. The van der Waals surface area contributed by atoms with E-state index in [1.54, 1.807) is 16.7 Å². The minimum atomic E-state index is -0.245. The van der Waals surface area contributed by atoms with Crippen LogP contribution in [0.3, 0.4) is 0 Å². The molecule has 82 valence electrons. The second-order valence-corrected chi connectivity index (χ2v) is 5.74. The molecule has 2 nitrogen and oxygen atoms in total. The maximum absolute atomic E-state index is 12.3. The molecule has 1 spiro atoms. The molecule has 1 amide bonds. The smallest absolute Gasteiger partial charge is 0.243 e. The second-order valence-electron chi connectivity index (χ2n) is 4.37. The zero-order chi connectivity index (χ0) is 11.3. The zero-order valence-electron chi connectivity index (χ0n) is 9.14. The Labute approximate surface area is 99.3 Å². The molecule has 1 aromatic rings. The van der Waals surface area contributed by atoms with Crippen molar-refractivity contribution >= 4 is 23.4 Å². The van der Waals surface area contributed by atoms with E-state index in [1.807, 2.05) is 31.3 Å². The Hall–Kier alpha value is -1.22. The third kappa shape index (κ3) is 1.12. The number of anilines is 1. The van der Waals surface area contributed by atoms with Crippen molar-refractivity contribution < 1.29 is 4.79 Å². The van der Waals surface area contributed by atoms with Gasteiger partial charge in [-0.3, -0.25) is 4.79 Å². The number of fused-ring (bicyclic) bond motifs is 1. The number of carbonyl (C=O) groups excluding carboxylic acids is 1. The van der Waals surface area contributed by atoms with Crippen molar-refractivity contribution in [3.8, 4) is 0 Å². The van der Waals surface area contributed by atoms with E-state index in [1.165, 1.54) is 4.90 Å². The maximum Gasteiger partial charge on any atom is 0.243 e. The molecule has 1 aromatic carbocycles. The topological polar surface area (TPSA) is 20.3 Å². The summed E-state index contributed by atoms with van der Waals surface area (Å²) in [6.45, 7) is 3.80. The van der Waals surface area contributed by atoms with E-state index in [9.17, 15) is 4.79 Å². The first kappa shape index (κ1) is 9.97. The molecule has 0 saturated heterocycles. The number of benzene rings is 1. The summed E-state index contributed by atoms with van der Waals surface area (Å²) in [5.74, 6) is 0.557. The van der Waals surface area contributed by atoms with Gasteiger partial charge < -0.3 is 4.90 Å². The maximum atomic E-state index is 12.3. The van der Waals surface area contributed by atoms with Gasteiger partial charge in [0.15, 0.2) is 0 Å². The van der Waals surface area contributed by atoms with Gasteiger partial charge in [0.25, 0.3) is 0 Å². The fraction of sp³-hybridized carbons (Fsp3) is 0.308. The van der Waals surface area contributed by atoms with Crippen LogP contribution in [0.15, 0.2) is 41.8 Å². The van der Waals surface area contributed by atoms with Crippen molar-refractivity contribution in [1.82, 2.24) is 0 Å². The Bertz CT molecular complexity index is 485. The van der Waals surface area contributed by atoms with E-state index in [2.05, 4.69) is 12.6 Å². The summed E-state index contributed by atoms with van der Waals surface area (Å²) in [5.41, 5.74) is 1.03. The van der Waals surface area contributed by atoms with Crippen molar-refractivity contribution in [1.29, 1.82) is 0 Å². The van der Waals surface area contributed by atoms with Gasteiger partial charge in [-0.25, -0.2) is 0 Å². The highest BCUT2D eigenvalue weighted by Gasteiger charge is 2.62. The van der Waals surface area contributed by atoms with Crippen LogP contribution in [-0.2, 0) is 4.79 Å². The van der Waals surface area contributed by atoms with E-state index >= 15 is 0 Å². The summed E-state index contributed by atoms with van der Waals surface area (Å²) < 4.78 is -0.245. The molecule has 0 aromatic heterocycles. The molecule has 0 unspecified atom stereocenters. The lowest BCUT2D eigenvalue weighted by Crippen LogP contribution is -2.40. The first-order chi connectivity index (χ1) is 7.69. The van der Waals surface area contributed by atoms with Crippen LogP contribution < -0.4 is 4.90 Å². The SMILES string of the molecule is C=C[C@H]1C[C@@]12Sc1ccccc1N(C)C2=O. The van der Waals surface area contributed by atoms with Crippen molar-refractivity contribution in [2.75, 3.05) is 11.9 Å². The molecule has 16 heavy (non-hydrogen) atoms. The summed E-state index contributed by atoms with van der Waals surface area (Å²) in [5, 5.41) is 0. The Kier molecular flexibility index (Phi) is 1.96. The number of hydrogen-bond acceptors (Lipinski definition) is 2. The number of allylic oxidation sites excluding steroid dienone is 1. The molecular weight excluding hydrogens is 218 g/mol. The monoisotopic (exact) mass is 231 g/mol. The van der Waals surface area contributed by atoms with Crippen LogP contribution in [-0.4, -0.2) is 17.7 Å². The number of hydrogen-bond donors (Lipinski definition) is 0. The van der Waals surface area contributed by atoms with Gasteiger partial charge in [-0.05, 0) is 18.6 Å². The highest BCUT2D eigenvalue weighted by atomic mass is 32.2. The molecule has 2 aliphatic rings. The molecule has 0 N–H and O–H groups in total. The predicted molar refractivity (Wildman–Crippen MR) is 66.7 cm³/mol. The van der Waals surface area contributed by atoms with Gasteiger partial charge in [-0.1, -0.05) is 18.2 Å². The van der Waals surface area contributed by atoms with E-state index in [0.29, 0.717) is 5.92 Å². The van der Waals surface area contributed by atoms with Gasteiger partial charge in [0.2, 0.25) is 5.91 Å². The molecule has 3 rings (SSSR count). The van der Waals surface area contributed by atoms with E-state index in [4.69, 9.17) is 0 Å². The number of amides is 1. The first-order valence-electron chi connectivity index (χ1n) is 5.38. The van der Waals surface area contributed by atoms with Gasteiger partial charge in [-0.2, -0.15) is 0 Å². The Morgan fingerprint density at radius 2 is 2.31 bits per heavy atom. The van der Waals surface area contributed by atoms with Crippen LogP contribution in [0.25, 0.3) is 0 Å². The number of para-hydroxylation sites is 1. The Morgan fingerprint density at radius 3 is 3.00 bits per heavy atom. The third-order valence-corrected chi connectivity index (χ3v) is 5.01. The fourth-order valence-electron chi connectivity index (χ4n) is 2.36. The quantitative estimate of drug-likeness (QED) is 0.693. The minimum Gasteiger partial charge on any atom is -0.313 e. The van der Waals surface area contributed by atoms with Gasteiger partial charge in [-0.15, -0.1) is 18.3 Å². The standard InChI is InChI=1S/C13H13NOS/c1-3-9-8-13(9)12(15)14(2)10-6-4-5-7-11(10)16-13/h3-7,9H,1,8H2,2H3/t9-,13+/m0/s1. The number of rotatable bonds is 1. The lowest BCUT2D eigenvalue weighted by molar-refractivity contribution is -0.118. The van der Waals surface area contributed by atoms with Gasteiger partial charge in [0, 0.05) is 17.9 Å². The van der Waals surface area contributed by atoms with Crippen LogP contribution >= 0.6 is 11.8 Å². The van der Waals surface area contributed by atoms with Gasteiger partial charge in [0.05, 0.1) is 5.69 Å². The normalized spacial score (nSPS) is 31.4. The molecule has 1 aliphatic carbocycles. The Morgan fingerprint density at radius 1 is 1.56 bits per heavy atom. The molecule has 1 saturated carbocycles. The predicted octanol–water partition coefficient (Wildman–Crippen LogP) is 2.70.